The van der Waals surface area contributed by atoms with E-state index < -0.39 is 5.91 Å². The molecule has 0 saturated carbocycles. The van der Waals surface area contributed by atoms with Gasteiger partial charge < -0.3 is 21.9 Å². The van der Waals surface area contributed by atoms with Crippen molar-refractivity contribution in [1.29, 1.82) is 0 Å². The number of carbonyl (C=O) groups excluding carboxylic acids is 1. The SMILES string of the molecule is NC(N)=Nc1ccc(NC(=O)c2cc3ccccc3c(I)c2O)cc1. The summed E-state index contributed by atoms with van der Waals surface area (Å²) in [7, 11) is 0. The van der Waals surface area contributed by atoms with Crippen molar-refractivity contribution in [3.63, 3.8) is 0 Å². The molecule has 6 N–H and O–H groups in total. The third-order valence-electron chi connectivity index (χ3n) is 3.59. The lowest BCUT2D eigenvalue weighted by molar-refractivity contribution is 0.102. The largest absolute Gasteiger partial charge is 0.506 e. The van der Waals surface area contributed by atoms with E-state index in [1.165, 1.54) is 0 Å². The summed E-state index contributed by atoms with van der Waals surface area (Å²) in [5.41, 5.74) is 12.0. The van der Waals surface area contributed by atoms with Gasteiger partial charge in [-0.05, 0) is 63.7 Å². The lowest BCUT2D eigenvalue weighted by Crippen LogP contribution is -2.21. The number of phenols is 1. The molecule has 126 valence electrons. The van der Waals surface area contributed by atoms with E-state index in [1.54, 1.807) is 30.3 Å². The van der Waals surface area contributed by atoms with Gasteiger partial charge in [0.2, 0.25) is 0 Å². The molecule has 0 saturated heterocycles. The van der Waals surface area contributed by atoms with Crippen LogP contribution in [0, 0.1) is 3.57 Å². The smallest absolute Gasteiger partial charge is 0.259 e. The quantitative estimate of drug-likeness (QED) is 0.281. The van der Waals surface area contributed by atoms with Gasteiger partial charge in [-0.2, -0.15) is 0 Å². The summed E-state index contributed by atoms with van der Waals surface area (Å²) < 4.78 is 0.643. The highest BCUT2D eigenvalue weighted by Gasteiger charge is 2.16. The number of guanidine groups is 1. The number of aliphatic imine (C=N–C) groups is 1. The molecule has 0 spiro atoms. The van der Waals surface area contributed by atoms with Crippen LogP contribution in [0.5, 0.6) is 5.75 Å². The molecule has 0 aliphatic rings. The van der Waals surface area contributed by atoms with Crippen molar-refractivity contribution in [2.24, 2.45) is 16.5 Å². The fourth-order valence-electron chi connectivity index (χ4n) is 2.43. The van der Waals surface area contributed by atoms with Crippen LogP contribution in [0.15, 0.2) is 59.6 Å². The van der Waals surface area contributed by atoms with Crippen molar-refractivity contribution in [2.75, 3.05) is 5.32 Å². The van der Waals surface area contributed by atoms with Crippen molar-refractivity contribution in [1.82, 2.24) is 0 Å². The maximum absolute atomic E-state index is 12.6. The van der Waals surface area contributed by atoms with Crippen molar-refractivity contribution in [3.8, 4) is 5.75 Å². The monoisotopic (exact) mass is 446 g/mol. The minimum Gasteiger partial charge on any atom is -0.506 e. The van der Waals surface area contributed by atoms with E-state index in [2.05, 4.69) is 10.3 Å². The molecule has 3 aromatic rings. The average molecular weight is 446 g/mol. The minimum atomic E-state index is -0.393. The van der Waals surface area contributed by atoms with E-state index in [4.69, 9.17) is 11.5 Å². The highest BCUT2D eigenvalue weighted by molar-refractivity contribution is 14.1. The molecule has 0 radical (unpaired) electrons. The first kappa shape index (κ1) is 17.0. The summed E-state index contributed by atoms with van der Waals surface area (Å²) in [6.07, 6.45) is 0. The predicted molar refractivity (Wildman–Crippen MR) is 108 cm³/mol. The van der Waals surface area contributed by atoms with Crippen molar-refractivity contribution in [3.05, 3.63) is 63.7 Å². The van der Waals surface area contributed by atoms with Crippen LogP contribution >= 0.6 is 22.6 Å². The summed E-state index contributed by atoms with van der Waals surface area (Å²) >= 11 is 2.04. The number of nitrogens with two attached hydrogens (primary N) is 2. The molecule has 25 heavy (non-hydrogen) atoms. The molecule has 0 heterocycles. The Labute approximate surface area is 157 Å². The number of nitrogens with zero attached hydrogens (tertiary/aromatic N) is 1. The minimum absolute atomic E-state index is 0.0334. The third kappa shape index (κ3) is 3.66. The summed E-state index contributed by atoms with van der Waals surface area (Å²) in [5, 5.41) is 14.9. The zero-order chi connectivity index (χ0) is 18.0. The zero-order valence-corrected chi connectivity index (χ0v) is 15.2. The summed E-state index contributed by atoms with van der Waals surface area (Å²) in [6.45, 7) is 0. The fraction of sp³-hybridized carbons (Fsp3) is 0. The van der Waals surface area contributed by atoms with Crippen LogP contribution in [0.4, 0.5) is 11.4 Å². The number of hydrogen-bond donors (Lipinski definition) is 4. The molecule has 1 amide bonds. The number of carbonyl (C=O) groups is 1. The lowest BCUT2D eigenvalue weighted by atomic mass is 10.1. The van der Waals surface area contributed by atoms with Crippen LogP contribution in [0.2, 0.25) is 0 Å². The topological polar surface area (TPSA) is 114 Å². The highest BCUT2D eigenvalue weighted by atomic mass is 127. The summed E-state index contributed by atoms with van der Waals surface area (Å²) in [6, 6.07) is 16.0. The number of anilines is 1. The Bertz CT molecular complexity index is 980. The molecule has 0 unspecified atom stereocenters. The molecule has 3 rings (SSSR count). The second-order valence-corrected chi connectivity index (χ2v) is 6.42. The number of aromatic hydroxyl groups is 1. The van der Waals surface area contributed by atoms with Crippen LogP contribution in [-0.4, -0.2) is 17.0 Å². The molecular formula is C18H15IN4O2. The lowest BCUT2D eigenvalue weighted by Gasteiger charge is -2.11. The van der Waals surface area contributed by atoms with Crippen molar-refractivity contribution >= 4 is 56.6 Å². The van der Waals surface area contributed by atoms with Crippen molar-refractivity contribution in [2.45, 2.75) is 0 Å². The third-order valence-corrected chi connectivity index (χ3v) is 4.68. The number of nitrogens with one attached hydrogen (secondary N) is 1. The summed E-state index contributed by atoms with van der Waals surface area (Å²) in [4.78, 5) is 16.5. The van der Waals surface area contributed by atoms with Crippen molar-refractivity contribution < 1.29 is 9.90 Å². The standard InChI is InChI=1S/C18H15IN4O2/c19-15-13-4-2-1-3-10(13)9-14(16(15)24)17(25)22-11-5-7-12(8-6-11)23-18(20)21/h1-9,24H,(H,22,25)(H4,20,21,23). The van der Waals surface area contributed by atoms with Gasteiger partial charge in [-0.1, -0.05) is 24.3 Å². The van der Waals surface area contributed by atoms with Gasteiger partial charge in [0.1, 0.15) is 5.75 Å². The molecular weight excluding hydrogens is 431 g/mol. The first-order chi connectivity index (χ1) is 12.0. The Hall–Kier alpha value is -2.81. The van der Waals surface area contributed by atoms with Crippen LogP contribution in [0.1, 0.15) is 10.4 Å². The number of benzene rings is 3. The first-order valence-electron chi connectivity index (χ1n) is 7.37. The Morgan fingerprint density at radius 1 is 1.08 bits per heavy atom. The Morgan fingerprint density at radius 3 is 2.44 bits per heavy atom. The summed E-state index contributed by atoms with van der Waals surface area (Å²) in [5.74, 6) is -0.461. The number of amides is 1. The number of phenolic OH excluding ortho intramolecular Hbond substituents is 1. The van der Waals surface area contributed by atoms with Gasteiger partial charge >= 0.3 is 0 Å². The molecule has 0 aliphatic carbocycles. The maximum Gasteiger partial charge on any atom is 0.259 e. The number of rotatable bonds is 3. The Balaban J connectivity index is 1.90. The Morgan fingerprint density at radius 2 is 1.76 bits per heavy atom. The maximum atomic E-state index is 12.6. The molecule has 7 heteroatoms. The van der Waals surface area contributed by atoms with Crippen LogP contribution < -0.4 is 16.8 Å². The fourth-order valence-corrected chi connectivity index (χ4v) is 3.21. The average Bonchev–Trinajstić information content (AvgIpc) is 2.59. The van der Waals surface area contributed by atoms with Gasteiger partial charge in [-0.25, -0.2) is 4.99 Å². The van der Waals surface area contributed by atoms with Gasteiger partial charge in [0.05, 0.1) is 14.8 Å². The van der Waals surface area contributed by atoms with E-state index in [9.17, 15) is 9.90 Å². The Kier molecular flexibility index (Phi) is 4.75. The van der Waals surface area contributed by atoms with E-state index in [1.807, 2.05) is 46.9 Å². The van der Waals surface area contributed by atoms with Gasteiger partial charge in [-0.3, -0.25) is 4.79 Å². The van der Waals surface area contributed by atoms with Gasteiger partial charge in [-0.15, -0.1) is 0 Å². The highest BCUT2D eigenvalue weighted by Crippen LogP contribution is 2.33. The molecule has 6 nitrogen and oxygen atoms in total. The molecule has 0 bridgehead atoms. The molecule has 0 atom stereocenters. The van der Waals surface area contributed by atoms with Gasteiger partial charge in [0, 0.05) is 5.69 Å². The normalized spacial score (nSPS) is 10.4. The predicted octanol–water partition coefficient (Wildman–Crippen LogP) is 3.31. The number of halogens is 1. The number of hydrogen-bond acceptors (Lipinski definition) is 3. The zero-order valence-electron chi connectivity index (χ0n) is 13.0. The number of fused-ring (bicyclic) bond motifs is 1. The first-order valence-corrected chi connectivity index (χ1v) is 8.45. The molecule has 0 aliphatic heterocycles. The van der Waals surface area contributed by atoms with E-state index in [0.29, 0.717) is 14.9 Å². The van der Waals surface area contributed by atoms with Gasteiger partial charge in [0.15, 0.2) is 5.96 Å². The second kappa shape index (κ2) is 6.98. The van der Waals surface area contributed by atoms with E-state index in [-0.39, 0.29) is 17.3 Å². The molecule has 0 aromatic heterocycles. The van der Waals surface area contributed by atoms with Gasteiger partial charge in [0.25, 0.3) is 5.91 Å². The van der Waals surface area contributed by atoms with Crippen LogP contribution in [0.25, 0.3) is 10.8 Å². The van der Waals surface area contributed by atoms with Crippen LogP contribution in [0.3, 0.4) is 0 Å². The molecule has 0 fully saturated rings. The molecule has 3 aromatic carbocycles. The van der Waals surface area contributed by atoms with E-state index in [0.717, 1.165) is 10.8 Å². The van der Waals surface area contributed by atoms with E-state index >= 15 is 0 Å². The van der Waals surface area contributed by atoms with Crippen LogP contribution in [-0.2, 0) is 0 Å². The second-order valence-electron chi connectivity index (χ2n) is 5.35.